The van der Waals surface area contributed by atoms with Gasteiger partial charge in [-0.15, -0.1) is 4.39 Å². The monoisotopic (exact) mass is 167 g/mol. The molecule has 0 unspecified atom stereocenters. The van der Waals surface area contributed by atoms with E-state index in [0.29, 0.717) is 5.46 Å². The lowest BCUT2D eigenvalue weighted by Crippen LogP contribution is -2.29. The second-order valence-corrected chi connectivity index (χ2v) is 1.87. The van der Waals surface area contributed by atoms with Crippen LogP contribution >= 0.6 is 0 Å². The van der Waals surface area contributed by atoms with Crippen LogP contribution in [0.5, 0.6) is 0 Å². The highest BCUT2D eigenvalue weighted by atomic mass is 19.1. The van der Waals surface area contributed by atoms with Gasteiger partial charge in [-0.3, -0.25) is 0 Å². The van der Waals surface area contributed by atoms with E-state index in [-0.39, 0.29) is 6.32 Å². The minimum absolute atomic E-state index is 0.250. The number of halogens is 1. The van der Waals surface area contributed by atoms with Gasteiger partial charge in [-0.25, -0.2) is 0 Å². The average molecular weight is 167 g/mol. The number of rotatable bonds is 1. The molecule has 3 nitrogen and oxygen atoms in total. The lowest BCUT2D eigenvalue weighted by atomic mass is 9.81. The van der Waals surface area contributed by atoms with Gasteiger partial charge in [0, 0.05) is 0 Å². The molecule has 0 atom stereocenters. The summed E-state index contributed by atoms with van der Waals surface area (Å²) in [6.45, 7) is 0. The molecule has 0 spiro atoms. The number of nitrogens with zero attached hydrogens (tertiary/aromatic N) is 1. The Morgan fingerprint density at radius 3 is 1.92 bits per heavy atom. The maximum atomic E-state index is 9.60. The average Bonchev–Trinajstić information content (AvgIpc) is 2.07. The fraction of sp³-hybridized carbons (Fsp3) is 0. The number of hydrogen-bond acceptors (Lipinski definition) is 3. The van der Waals surface area contributed by atoms with E-state index in [0.717, 1.165) is 0 Å². The van der Waals surface area contributed by atoms with Gasteiger partial charge in [0.1, 0.15) is 0 Å². The van der Waals surface area contributed by atoms with Crippen molar-refractivity contribution >= 4 is 12.6 Å². The second-order valence-electron chi connectivity index (χ2n) is 1.87. The maximum Gasteiger partial charge on any atom is 0.488 e. The Labute approximate surface area is 69.8 Å². The number of nitriles is 1. The third-order valence-electron chi connectivity index (χ3n) is 1.10. The van der Waals surface area contributed by atoms with E-state index < -0.39 is 7.12 Å². The van der Waals surface area contributed by atoms with Crippen molar-refractivity contribution in [2.75, 3.05) is 0 Å². The van der Waals surface area contributed by atoms with E-state index in [2.05, 4.69) is 0 Å². The van der Waals surface area contributed by atoms with Gasteiger partial charge in [0.25, 0.3) is 6.32 Å². The van der Waals surface area contributed by atoms with Crippen LogP contribution in [0.25, 0.3) is 0 Å². The first kappa shape index (κ1) is 10.6. The standard InChI is InChI=1S/C6H7BO2.CFN/c8-7(9)6-4-2-1-3-5-6;2-1-3/h1-5,8-9H;. The summed E-state index contributed by atoms with van der Waals surface area (Å²) in [7, 11) is -1.34. The van der Waals surface area contributed by atoms with Crippen LogP contribution in [-0.4, -0.2) is 17.2 Å². The van der Waals surface area contributed by atoms with E-state index in [4.69, 9.17) is 15.3 Å². The van der Waals surface area contributed by atoms with Crippen LogP contribution in [0.2, 0.25) is 0 Å². The first-order valence-electron chi connectivity index (χ1n) is 3.13. The van der Waals surface area contributed by atoms with Gasteiger partial charge in [0.05, 0.1) is 0 Å². The van der Waals surface area contributed by atoms with Crippen LogP contribution in [0.3, 0.4) is 0 Å². The molecule has 0 aliphatic rings. The van der Waals surface area contributed by atoms with Gasteiger partial charge in [-0.2, -0.15) is 5.26 Å². The predicted octanol–water partition coefficient (Wildman–Crippen LogP) is -0.197. The Morgan fingerprint density at radius 2 is 1.67 bits per heavy atom. The van der Waals surface area contributed by atoms with Crippen LogP contribution < -0.4 is 5.46 Å². The first-order chi connectivity index (χ1) is 5.72. The van der Waals surface area contributed by atoms with Gasteiger partial charge >= 0.3 is 7.12 Å². The lowest BCUT2D eigenvalue weighted by Gasteiger charge is -1.94. The van der Waals surface area contributed by atoms with Crippen molar-refractivity contribution in [1.29, 1.82) is 5.26 Å². The van der Waals surface area contributed by atoms with Crippen LogP contribution in [0, 0.1) is 11.6 Å². The van der Waals surface area contributed by atoms with Crippen LogP contribution in [-0.2, 0) is 0 Å². The molecule has 1 aromatic carbocycles. The summed E-state index contributed by atoms with van der Waals surface area (Å²) in [5.41, 5.74) is 0.525. The summed E-state index contributed by atoms with van der Waals surface area (Å²) in [5, 5.41) is 23.8. The van der Waals surface area contributed by atoms with Crippen molar-refractivity contribution in [1.82, 2.24) is 0 Å². The number of benzene rings is 1. The summed E-state index contributed by atoms with van der Waals surface area (Å²) in [6.07, 6.45) is 0.250. The molecule has 0 amide bonds. The Morgan fingerprint density at radius 1 is 1.25 bits per heavy atom. The van der Waals surface area contributed by atoms with Crippen molar-refractivity contribution in [2.45, 2.75) is 0 Å². The molecule has 0 saturated heterocycles. The molecule has 0 bridgehead atoms. The molecule has 62 valence electrons. The molecule has 0 fully saturated rings. The molecule has 2 N–H and O–H groups in total. The Hall–Kier alpha value is -1.38. The van der Waals surface area contributed by atoms with Crippen molar-refractivity contribution in [3.05, 3.63) is 30.3 Å². The molecule has 12 heavy (non-hydrogen) atoms. The van der Waals surface area contributed by atoms with Gasteiger partial charge in [0.2, 0.25) is 0 Å². The van der Waals surface area contributed by atoms with Gasteiger partial charge < -0.3 is 10.0 Å². The van der Waals surface area contributed by atoms with Gasteiger partial charge in [-0.1, -0.05) is 30.3 Å². The minimum Gasteiger partial charge on any atom is -0.423 e. The lowest BCUT2D eigenvalue weighted by molar-refractivity contribution is 0.426. The number of hydrogen-bond donors (Lipinski definition) is 2. The summed E-state index contributed by atoms with van der Waals surface area (Å²) < 4.78 is 9.60. The van der Waals surface area contributed by atoms with Crippen molar-refractivity contribution < 1.29 is 14.4 Å². The zero-order chi connectivity index (χ0) is 9.40. The van der Waals surface area contributed by atoms with Crippen molar-refractivity contribution in [3.63, 3.8) is 0 Å². The molecule has 0 saturated carbocycles. The fourth-order valence-electron chi connectivity index (χ4n) is 0.625. The Balaban J connectivity index is 0.000000354. The summed E-state index contributed by atoms with van der Waals surface area (Å²) in [6, 6.07) is 8.66. The third-order valence-corrected chi connectivity index (χ3v) is 1.10. The molecular formula is C7H7BFNO2. The van der Waals surface area contributed by atoms with E-state index >= 15 is 0 Å². The topological polar surface area (TPSA) is 64.2 Å². The minimum atomic E-state index is -1.34. The van der Waals surface area contributed by atoms with Crippen LogP contribution in [0.4, 0.5) is 4.39 Å². The van der Waals surface area contributed by atoms with Crippen molar-refractivity contribution in [3.8, 4) is 6.32 Å². The molecule has 0 aliphatic heterocycles. The fourth-order valence-corrected chi connectivity index (χ4v) is 0.625. The Bertz CT molecular complexity index is 247. The van der Waals surface area contributed by atoms with Gasteiger partial charge in [0.15, 0.2) is 0 Å². The predicted molar refractivity (Wildman–Crippen MR) is 43.0 cm³/mol. The molecule has 5 heteroatoms. The molecule has 0 heterocycles. The largest absolute Gasteiger partial charge is 0.488 e. The molecule has 0 aliphatic carbocycles. The van der Waals surface area contributed by atoms with Crippen LogP contribution in [0.15, 0.2) is 30.3 Å². The van der Waals surface area contributed by atoms with E-state index in [9.17, 15) is 4.39 Å². The zero-order valence-electron chi connectivity index (χ0n) is 6.18. The SMILES string of the molecule is N#CF.OB(O)c1ccccc1. The summed E-state index contributed by atoms with van der Waals surface area (Å²) in [4.78, 5) is 0. The van der Waals surface area contributed by atoms with Gasteiger partial charge in [-0.05, 0) is 5.46 Å². The molecule has 1 aromatic rings. The van der Waals surface area contributed by atoms with Crippen molar-refractivity contribution in [2.24, 2.45) is 0 Å². The molecule has 0 radical (unpaired) electrons. The molecule has 1 rings (SSSR count). The van der Waals surface area contributed by atoms with E-state index in [1.54, 1.807) is 24.3 Å². The molecular weight excluding hydrogens is 160 g/mol. The zero-order valence-corrected chi connectivity index (χ0v) is 6.18. The molecule has 0 aromatic heterocycles. The summed E-state index contributed by atoms with van der Waals surface area (Å²) in [5.74, 6) is 0. The Kier molecular flexibility index (Phi) is 5.62. The highest BCUT2D eigenvalue weighted by molar-refractivity contribution is 6.58. The third kappa shape index (κ3) is 4.44. The highest BCUT2D eigenvalue weighted by Gasteiger charge is 2.07. The highest BCUT2D eigenvalue weighted by Crippen LogP contribution is 1.82. The quantitative estimate of drug-likeness (QED) is 0.569. The smallest absolute Gasteiger partial charge is 0.423 e. The maximum absolute atomic E-state index is 9.60. The van der Waals surface area contributed by atoms with E-state index in [1.807, 2.05) is 6.07 Å². The van der Waals surface area contributed by atoms with Crippen LogP contribution in [0.1, 0.15) is 0 Å². The first-order valence-corrected chi connectivity index (χ1v) is 3.13. The summed E-state index contributed by atoms with van der Waals surface area (Å²) >= 11 is 0. The normalized spacial score (nSPS) is 7.50. The van der Waals surface area contributed by atoms with E-state index in [1.165, 1.54) is 0 Å². The second kappa shape index (κ2) is 6.34.